The molecule has 0 heterocycles. The second-order valence-corrected chi connectivity index (χ2v) is 5.52. The molecule has 1 aromatic carbocycles. The molecule has 0 spiro atoms. The van der Waals surface area contributed by atoms with E-state index < -0.39 is 30.8 Å². The molecular weight excluding hydrogens is 297 g/mol. The van der Waals surface area contributed by atoms with Crippen LogP contribution in [0.15, 0.2) is 24.3 Å². The molecule has 2 amide bonds. The minimum absolute atomic E-state index is 0.0259. The van der Waals surface area contributed by atoms with Crippen molar-refractivity contribution in [2.75, 3.05) is 13.1 Å². The zero-order valence-electron chi connectivity index (χ0n) is 12.0. The number of hydrogen-bond donors (Lipinski definition) is 3. The second-order valence-electron chi connectivity index (χ2n) is 5.52. The van der Waals surface area contributed by atoms with Gasteiger partial charge in [-0.15, -0.1) is 0 Å². The standard InChI is InChI=1S/C15H19F3N2O2/c16-15(17,18)8-9-19-13(21)20-10-14(22)7-3-5-11-4-1-2-6-12(11)14/h1-2,4,6,22H,3,5,7-10H2,(H2,19,20,21). The molecule has 1 unspecified atom stereocenters. The lowest BCUT2D eigenvalue weighted by molar-refractivity contribution is -0.132. The Morgan fingerprint density at radius 2 is 2.00 bits per heavy atom. The van der Waals surface area contributed by atoms with Gasteiger partial charge in [-0.2, -0.15) is 13.2 Å². The van der Waals surface area contributed by atoms with Gasteiger partial charge in [0.25, 0.3) is 0 Å². The molecule has 7 heteroatoms. The van der Waals surface area contributed by atoms with E-state index in [2.05, 4.69) is 10.6 Å². The molecule has 1 atom stereocenters. The van der Waals surface area contributed by atoms with Gasteiger partial charge in [0.05, 0.1) is 13.0 Å². The summed E-state index contributed by atoms with van der Waals surface area (Å²) < 4.78 is 36.0. The lowest BCUT2D eigenvalue weighted by atomic mass is 9.79. The number of amides is 2. The van der Waals surface area contributed by atoms with Crippen LogP contribution in [0.5, 0.6) is 0 Å². The fourth-order valence-electron chi connectivity index (χ4n) is 2.69. The van der Waals surface area contributed by atoms with Gasteiger partial charge in [0, 0.05) is 6.54 Å². The first kappa shape index (κ1) is 16.6. The highest BCUT2D eigenvalue weighted by Gasteiger charge is 2.34. The number of rotatable bonds is 4. The van der Waals surface area contributed by atoms with Gasteiger partial charge in [0.2, 0.25) is 0 Å². The maximum absolute atomic E-state index is 12.0. The van der Waals surface area contributed by atoms with E-state index >= 15 is 0 Å². The quantitative estimate of drug-likeness (QED) is 0.799. The Morgan fingerprint density at radius 3 is 2.73 bits per heavy atom. The molecule has 0 fully saturated rings. The number of fused-ring (bicyclic) bond motifs is 1. The zero-order chi connectivity index (χ0) is 16.2. The summed E-state index contributed by atoms with van der Waals surface area (Å²) in [6, 6.07) is 6.75. The van der Waals surface area contributed by atoms with E-state index in [1.54, 1.807) is 0 Å². The van der Waals surface area contributed by atoms with Crippen molar-refractivity contribution in [3.05, 3.63) is 35.4 Å². The second kappa shape index (κ2) is 6.56. The first-order chi connectivity index (χ1) is 10.3. The van der Waals surface area contributed by atoms with Gasteiger partial charge in [-0.3, -0.25) is 0 Å². The third kappa shape index (κ3) is 4.37. The van der Waals surface area contributed by atoms with Gasteiger partial charge in [-0.1, -0.05) is 24.3 Å². The minimum Gasteiger partial charge on any atom is -0.383 e. The van der Waals surface area contributed by atoms with Crippen molar-refractivity contribution < 1.29 is 23.1 Å². The van der Waals surface area contributed by atoms with Gasteiger partial charge in [-0.25, -0.2) is 4.79 Å². The fourth-order valence-corrected chi connectivity index (χ4v) is 2.69. The van der Waals surface area contributed by atoms with Crippen molar-refractivity contribution in [3.8, 4) is 0 Å². The molecule has 2 rings (SSSR count). The van der Waals surface area contributed by atoms with Crippen LogP contribution in [0.4, 0.5) is 18.0 Å². The van der Waals surface area contributed by atoms with Crippen molar-refractivity contribution in [3.63, 3.8) is 0 Å². The summed E-state index contributed by atoms with van der Waals surface area (Å²) in [6.07, 6.45) is -3.20. The van der Waals surface area contributed by atoms with Gasteiger partial charge >= 0.3 is 12.2 Å². The number of hydrogen-bond acceptors (Lipinski definition) is 2. The summed E-state index contributed by atoms with van der Waals surface area (Å²) in [4.78, 5) is 11.5. The van der Waals surface area contributed by atoms with E-state index in [0.717, 1.165) is 24.0 Å². The van der Waals surface area contributed by atoms with Crippen LogP contribution in [0, 0.1) is 0 Å². The fraction of sp³-hybridized carbons (Fsp3) is 0.533. The number of carbonyl (C=O) groups excluding carboxylic acids is 1. The average Bonchev–Trinajstić information content (AvgIpc) is 2.45. The molecular formula is C15H19F3N2O2. The van der Waals surface area contributed by atoms with Crippen LogP contribution in [0.1, 0.15) is 30.4 Å². The molecule has 3 N–H and O–H groups in total. The monoisotopic (exact) mass is 316 g/mol. The lowest BCUT2D eigenvalue weighted by Crippen LogP contribution is -2.46. The van der Waals surface area contributed by atoms with E-state index in [0.29, 0.717) is 6.42 Å². The summed E-state index contributed by atoms with van der Waals surface area (Å²) in [6.45, 7) is -0.508. The van der Waals surface area contributed by atoms with Crippen molar-refractivity contribution in [1.29, 1.82) is 0 Å². The Labute approximate surface area is 126 Å². The SMILES string of the molecule is O=C(NCCC(F)(F)F)NCC1(O)CCCc2ccccc21. The predicted molar refractivity (Wildman–Crippen MR) is 75.4 cm³/mol. The van der Waals surface area contributed by atoms with Gasteiger partial charge < -0.3 is 15.7 Å². The number of aliphatic hydroxyl groups is 1. The molecule has 0 saturated carbocycles. The number of alkyl halides is 3. The van der Waals surface area contributed by atoms with Gasteiger partial charge in [0.15, 0.2) is 0 Å². The Balaban J connectivity index is 1.87. The summed E-state index contributed by atoms with van der Waals surface area (Å²) in [7, 11) is 0. The number of urea groups is 1. The Kier molecular flexibility index (Phi) is 4.95. The number of aryl methyl sites for hydroxylation is 1. The molecule has 1 aromatic rings. The number of carbonyl (C=O) groups is 1. The molecule has 0 radical (unpaired) electrons. The molecule has 0 aliphatic heterocycles. The molecule has 0 bridgehead atoms. The molecule has 4 nitrogen and oxygen atoms in total. The van der Waals surface area contributed by atoms with E-state index in [1.807, 2.05) is 24.3 Å². The maximum Gasteiger partial charge on any atom is 0.390 e. The first-order valence-corrected chi connectivity index (χ1v) is 7.19. The summed E-state index contributed by atoms with van der Waals surface area (Å²) >= 11 is 0. The van der Waals surface area contributed by atoms with Crippen molar-refractivity contribution in [2.24, 2.45) is 0 Å². The van der Waals surface area contributed by atoms with E-state index in [-0.39, 0.29) is 6.54 Å². The maximum atomic E-state index is 12.0. The molecule has 122 valence electrons. The molecule has 22 heavy (non-hydrogen) atoms. The third-order valence-corrected chi connectivity index (χ3v) is 3.79. The van der Waals surface area contributed by atoms with E-state index in [1.165, 1.54) is 0 Å². The smallest absolute Gasteiger partial charge is 0.383 e. The largest absolute Gasteiger partial charge is 0.390 e. The normalized spacial score (nSPS) is 21.1. The highest BCUT2D eigenvalue weighted by molar-refractivity contribution is 5.73. The average molecular weight is 316 g/mol. The van der Waals surface area contributed by atoms with Crippen molar-refractivity contribution >= 4 is 6.03 Å². The van der Waals surface area contributed by atoms with Crippen LogP contribution in [-0.2, 0) is 12.0 Å². The van der Waals surface area contributed by atoms with Crippen LogP contribution < -0.4 is 10.6 Å². The summed E-state index contributed by atoms with van der Waals surface area (Å²) in [5, 5.41) is 15.3. The summed E-state index contributed by atoms with van der Waals surface area (Å²) in [5.74, 6) is 0. The Hall–Kier alpha value is -1.76. The van der Waals surface area contributed by atoms with Gasteiger partial charge in [-0.05, 0) is 30.4 Å². The zero-order valence-corrected chi connectivity index (χ0v) is 12.0. The molecule has 0 aromatic heterocycles. The van der Waals surface area contributed by atoms with Crippen LogP contribution in [0.2, 0.25) is 0 Å². The third-order valence-electron chi connectivity index (χ3n) is 3.79. The lowest BCUT2D eigenvalue weighted by Gasteiger charge is -2.34. The van der Waals surface area contributed by atoms with Crippen molar-refractivity contribution in [1.82, 2.24) is 10.6 Å². The Bertz CT molecular complexity index is 534. The Morgan fingerprint density at radius 1 is 1.27 bits per heavy atom. The van der Waals surface area contributed by atoms with Crippen LogP contribution in [-0.4, -0.2) is 30.4 Å². The number of benzene rings is 1. The van der Waals surface area contributed by atoms with E-state index in [4.69, 9.17) is 0 Å². The summed E-state index contributed by atoms with van der Waals surface area (Å²) in [5.41, 5.74) is 0.642. The topological polar surface area (TPSA) is 61.4 Å². The first-order valence-electron chi connectivity index (χ1n) is 7.19. The minimum atomic E-state index is -4.30. The number of nitrogens with one attached hydrogen (secondary N) is 2. The van der Waals surface area contributed by atoms with Crippen molar-refractivity contribution in [2.45, 2.75) is 37.5 Å². The molecule has 1 aliphatic rings. The number of halogens is 3. The molecule has 0 saturated heterocycles. The van der Waals surface area contributed by atoms with Gasteiger partial charge in [0.1, 0.15) is 5.60 Å². The van der Waals surface area contributed by atoms with Crippen LogP contribution in [0.3, 0.4) is 0 Å². The van der Waals surface area contributed by atoms with Crippen LogP contribution in [0.25, 0.3) is 0 Å². The predicted octanol–water partition coefficient (Wildman–Crippen LogP) is 2.46. The molecule has 1 aliphatic carbocycles. The highest BCUT2D eigenvalue weighted by Crippen LogP contribution is 2.34. The van der Waals surface area contributed by atoms with E-state index in [9.17, 15) is 23.1 Å². The highest BCUT2D eigenvalue weighted by atomic mass is 19.4. The van der Waals surface area contributed by atoms with Crippen LogP contribution >= 0.6 is 0 Å².